The number of Topliss-reactive ketones (excluding diaryl/α,β-unsaturated/α-hetero) is 1. The van der Waals surface area contributed by atoms with Crippen LogP contribution in [0, 0.1) is 11.8 Å². The van der Waals surface area contributed by atoms with Crippen LogP contribution in [-0.4, -0.2) is 244 Å². The molecular formula is C68H93N7O20. The van der Waals surface area contributed by atoms with Gasteiger partial charge in [0.2, 0.25) is 29.5 Å². The van der Waals surface area contributed by atoms with Gasteiger partial charge in [-0.15, -0.1) is 0 Å². The molecule has 4 aromatic carbocycles. The highest BCUT2D eigenvalue weighted by molar-refractivity contribution is 6.00. The van der Waals surface area contributed by atoms with Gasteiger partial charge in [-0.05, 0) is 84.5 Å². The number of phenols is 1. The Labute approximate surface area is 552 Å². The first kappa shape index (κ1) is 74.9. The van der Waals surface area contributed by atoms with Crippen LogP contribution in [0.15, 0.2) is 97.1 Å². The van der Waals surface area contributed by atoms with Crippen molar-refractivity contribution in [3.05, 3.63) is 108 Å². The number of amides is 6. The van der Waals surface area contributed by atoms with Crippen LogP contribution in [0.5, 0.6) is 11.5 Å². The van der Waals surface area contributed by atoms with E-state index in [1.807, 2.05) is 48.5 Å². The van der Waals surface area contributed by atoms with Gasteiger partial charge in [-0.2, -0.15) is 0 Å². The van der Waals surface area contributed by atoms with Gasteiger partial charge < -0.3 is 95.6 Å². The van der Waals surface area contributed by atoms with E-state index in [2.05, 4.69) is 33.5 Å². The van der Waals surface area contributed by atoms with Gasteiger partial charge in [0.25, 0.3) is 5.91 Å². The number of benzene rings is 4. The summed E-state index contributed by atoms with van der Waals surface area (Å²) >= 11 is 0. The number of ketones is 1. The Morgan fingerprint density at radius 2 is 1.17 bits per heavy atom. The third-order valence-corrected chi connectivity index (χ3v) is 17.2. The standard InChI is InChI=1S/C68H93N7O20/c1-6-7-8-26-95-50-23-19-45(20-24-50)43-11-9-42(10-12-43)44-13-15-47(16-14-44)63(85)70-52-36-55(81)62(69-25-27-92-30-31-94-33-32-93-29-28-91-5)73-66(88)58-59(82)39(2)37-75(58)68(90)57(41(4)77)71-64(86)51(61(84)60(83)46-17-21-48(78)22-18-46)35-54(80)53-34-49(79)38-74(53)67(89)56(40(3)76)72-65(52)87/h9-24,39-41,49,51-53,55-62,69,76-79,81-84H,6-8,25-38H2,1-5H3,(H,70,85)(H,71,86)(H,72,87)(H,73,88)/t39-,40+,41+,49+,51?,52-,53?,55+,56?,57?,58?,59-,60-,61-,62?/m0/s1. The molecule has 0 saturated carbocycles. The van der Waals surface area contributed by atoms with Gasteiger partial charge in [0.15, 0.2) is 5.78 Å². The molecule has 27 heteroatoms. The molecular weight excluding hydrogens is 1230 g/mol. The molecule has 6 amide bonds. The van der Waals surface area contributed by atoms with Gasteiger partial charge in [0.05, 0.1) is 101 Å². The summed E-state index contributed by atoms with van der Waals surface area (Å²) in [5.74, 6) is -9.83. The Balaban J connectivity index is 1.21. The van der Waals surface area contributed by atoms with Gasteiger partial charge in [-0.1, -0.05) is 87.4 Å². The van der Waals surface area contributed by atoms with Crippen molar-refractivity contribution in [3.63, 3.8) is 0 Å². The number of phenolic OH excluding ortho intramolecular Hbond substituents is 1. The van der Waals surface area contributed by atoms with Crippen molar-refractivity contribution in [2.75, 3.05) is 79.6 Å². The molecule has 3 saturated heterocycles. The van der Waals surface area contributed by atoms with Crippen molar-refractivity contribution in [1.29, 1.82) is 0 Å². The topological polar surface area (TPSA) is 394 Å². The van der Waals surface area contributed by atoms with Crippen molar-refractivity contribution in [2.24, 2.45) is 11.8 Å². The quantitative estimate of drug-likeness (QED) is 0.0361. The molecule has 27 nitrogen and oxygen atoms in total. The maximum Gasteiger partial charge on any atom is 0.251 e. The second kappa shape index (κ2) is 36.6. The number of fused-ring (bicyclic) bond motifs is 2. The molecule has 3 aliphatic heterocycles. The third-order valence-electron chi connectivity index (χ3n) is 17.2. The molecule has 95 heavy (non-hydrogen) atoms. The molecule has 0 aromatic heterocycles. The first-order valence-corrected chi connectivity index (χ1v) is 32.3. The van der Waals surface area contributed by atoms with Gasteiger partial charge in [0.1, 0.15) is 47.9 Å². The highest BCUT2D eigenvalue weighted by Crippen LogP contribution is 2.32. The number of aliphatic hydroxyl groups is 7. The highest BCUT2D eigenvalue weighted by Gasteiger charge is 2.50. The van der Waals surface area contributed by atoms with E-state index in [0.29, 0.717) is 26.4 Å². The lowest BCUT2D eigenvalue weighted by atomic mass is 9.86. The third kappa shape index (κ3) is 20.8. The maximum atomic E-state index is 14.9. The van der Waals surface area contributed by atoms with E-state index in [1.54, 1.807) is 19.2 Å². The number of nitrogens with one attached hydrogen (secondary N) is 5. The van der Waals surface area contributed by atoms with Gasteiger partial charge in [-0.3, -0.25) is 38.9 Å². The summed E-state index contributed by atoms with van der Waals surface area (Å²) in [6.07, 6.45) is -13.2. The maximum absolute atomic E-state index is 14.9. The molecule has 13 N–H and O–H groups in total. The van der Waals surface area contributed by atoms with Gasteiger partial charge in [-0.25, -0.2) is 0 Å². The van der Waals surface area contributed by atoms with E-state index in [4.69, 9.17) is 23.7 Å². The molecule has 7 rings (SSSR count). The van der Waals surface area contributed by atoms with Crippen LogP contribution in [-0.2, 0) is 47.7 Å². The van der Waals surface area contributed by atoms with Gasteiger partial charge >= 0.3 is 0 Å². The number of unbranched alkanes of at least 4 members (excludes halogenated alkanes) is 2. The van der Waals surface area contributed by atoms with Crippen molar-refractivity contribution in [2.45, 2.75) is 145 Å². The second-order valence-corrected chi connectivity index (χ2v) is 24.4. The summed E-state index contributed by atoms with van der Waals surface area (Å²) in [6, 6.07) is 17.7. The monoisotopic (exact) mass is 1330 g/mol. The first-order chi connectivity index (χ1) is 45.5. The number of hydrogen-bond acceptors (Lipinski definition) is 21. The smallest absolute Gasteiger partial charge is 0.251 e. The minimum Gasteiger partial charge on any atom is -0.508 e. The number of hydrogen-bond donors (Lipinski definition) is 13. The molecule has 0 bridgehead atoms. The number of methoxy groups -OCH3 is 1. The minimum atomic E-state index is -2.19. The van der Waals surface area contributed by atoms with Crippen molar-refractivity contribution in [3.8, 4) is 33.8 Å². The van der Waals surface area contributed by atoms with Crippen LogP contribution in [0.3, 0.4) is 0 Å². The Bertz CT molecular complexity index is 3120. The molecule has 15 atom stereocenters. The summed E-state index contributed by atoms with van der Waals surface area (Å²) in [7, 11) is 1.55. The fourth-order valence-corrected chi connectivity index (χ4v) is 11.7. The lowest BCUT2D eigenvalue weighted by Gasteiger charge is -2.34. The minimum absolute atomic E-state index is 0.0306. The second-order valence-electron chi connectivity index (χ2n) is 24.4. The Morgan fingerprint density at radius 1 is 0.632 bits per heavy atom. The number of aromatic hydroxyl groups is 1. The summed E-state index contributed by atoms with van der Waals surface area (Å²) in [5, 5.41) is 104. The van der Waals surface area contributed by atoms with Crippen LogP contribution < -0.4 is 31.3 Å². The summed E-state index contributed by atoms with van der Waals surface area (Å²) in [4.78, 5) is 105. The number of ether oxygens (including phenoxy) is 5. The molecule has 0 spiro atoms. The fraction of sp³-hybridized carbons (Fsp3) is 0.544. The lowest BCUT2D eigenvalue weighted by Crippen LogP contribution is -2.63. The summed E-state index contributed by atoms with van der Waals surface area (Å²) in [6.45, 7) is 7.18. The number of carbonyl (C=O) groups excluding carboxylic acids is 7. The van der Waals surface area contributed by atoms with Gasteiger partial charge in [0, 0.05) is 57.5 Å². The SMILES string of the molecule is CCCCCOc1ccc(-c2ccc(-c3ccc(C(=O)N[C@H]4C[C@@H](O)C(NCCOCCOCCOCCOC)NC(=O)C5[C@@H](O)[C@@H](C)CN5C(=O)C([C@@H](C)O)NC(=O)C([C@H](O)[C@@H](O)c5ccc(O)cc5)CC(=O)C5C[C@@H](O)CN5C(=O)C([C@@H](C)O)NC4=O)cc3)cc2)cc1. The number of nitrogens with zero attached hydrogens (tertiary/aromatic N) is 2. The van der Waals surface area contributed by atoms with E-state index in [1.165, 1.54) is 43.3 Å². The van der Waals surface area contributed by atoms with E-state index in [0.717, 1.165) is 70.9 Å². The predicted octanol–water partition coefficient (Wildman–Crippen LogP) is 0.457. The molecule has 6 unspecified atom stereocenters. The van der Waals surface area contributed by atoms with E-state index in [9.17, 15) is 74.4 Å². The average Bonchev–Trinajstić information content (AvgIpc) is 1.70. The van der Waals surface area contributed by atoms with Crippen LogP contribution in [0.4, 0.5) is 0 Å². The normalized spacial score (nSPS) is 25.5. The van der Waals surface area contributed by atoms with E-state index in [-0.39, 0.29) is 56.4 Å². The molecule has 0 aliphatic carbocycles. The molecule has 520 valence electrons. The molecule has 3 fully saturated rings. The average molecular weight is 1330 g/mol. The van der Waals surface area contributed by atoms with Crippen LogP contribution >= 0.6 is 0 Å². The van der Waals surface area contributed by atoms with Crippen molar-refractivity contribution >= 4 is 41.2 Å². The van der Waals surface area contributed by atoms with E-state index >= 15 is 0 Å². The number of rotatable bonds is 27. The van der Waals surface area contributed by atoms with E-state index < -0.39 is 158 Å². The predicted molar refractivity (Wildman–Crippen MR) is 345 cm³/mol. The summed E-state index contributed by atoms with van der Waals surface area (Å²) < 4.78 is 27.6. The molecule has 3 aliphatic rings. The van der Waals surface area contributed by atoms with Crippen LogP contribution in [0.25, 0.3) is 22.3 Å². The highest BCUT2D eigenvalue weighted by atomic mass is 16.6. The van der Waals surface area contributed by atoms with Crippen molar-refractivity contribution < 1.29 is 98.1 Å². The lowest BCUT2D eigenvalue weighted by molar-refractivity contribution is -0.148. The Morgan fingerprint density at radius 3 is 1.74 bits per heavy atom. The molecule has 3 heterocycles. The Hall–Kier alpha value is -7.51. The first-order valence-electron chi connectivity index (χ1n) is 32.3. The fourth-order valence-electron chi connectivity index (χ4n) is 11.7. The number of carbonyl (C=O) groups is 7. The Kier molecular flexibility index (Phi) is 28.8. The zero-order valence-electron chi connectivity index (χ0n) is 54.3. The molecule has 0 radical (unpaired) electrons. The zero-order valence-corrected chi connectivity index (χ0v) is 54.3. The largest absolute Gasteiger partial charge is 0.508 e. The van der Waals surface area contributed by atoms with Crippen LogP contribution in [0.2, 0.25) is 0 Å². The number of aliphatic hydroxyl groups excluding tert-OH is 7. The molecule has 4 aromatic rings. The zero-order chi connectivity index (χ0) is 68.9. The summed E-state index contributed by atoms with van der Waals surface area (Å²) in [5.41, 5.74) is 3.49. The van der Waals surface area contributed by atoms with Crippen molar-refractivity contribution in [1.82, 2.24) is 36.4 Å². The van der Waals surface area contributed by atoms with Crippen LogP contribution in [0.1, 0.15) is 88.2 Å².